The maximum absolute atomic E-state index is 14.0. The number of aliphatic carboxylic acids is 1. The third-order valence-corrected chi connectivity index (χ3v) is 4.39. The smallest absolute Gasteiger partial charge is 0.309 e. The van der Waals surface area contributed by atoms with Gasteiger partial charge in [0.1, 0.15) is 11.5 Å². The molecule has 0 saturated heterocycles. The number of hydrogen-bond acceptors (Lipinski definition) is 3. The van der Waals surface area contributed by atoms with Gasteiger partial charge in [0.2, 0.25) is 0 Å². The van der Waals surface area contributed by atoms with Gasteiger partial charge in [0.05, 0.1) is 11.1 Å². The van der Waals surface area contributed by atoms with Gasteiger partial charge in [-0.05, 0) is 52.8 Å². The molecular weight excluding hydrogens is 328 g/mol. The molecule has 0 spiro atoms. The van der Waals surface area contributed by atoms with E-state index < -0.39 is 23.0 Å². The molecule has 1 aromatic carbocycles. The van der Waals surface area contributed by atoms with Crippen molar-refractivity contribution in [1.29, 1.82) is 0 Å². The standard InChI is InChI=1S/C18H23F2N3O2/c1-11-14(10-21-8-7-18(3,4)17(24)25)12(2)23(22-11)16-6-5-13(19)9-15(16)20/h5-6,9,21H,7-8,10H2,1-4H3,(H,24,25). The quantitative estimate of drug-likeness (QED) is 0.751. The number of aryl methyl sites for hydroxylation is 1. The van der Waals surface area contributed by atoms with Gasteiger partial charge in [-0.1, -0.05) is 0 Å². The fraction of sp³-hybridized carbons (Fsp3) is 0.444. The molecule has 0 aliphatic heterocycles. The summed E-state index contributed by atoms with van der Waals surface area (Å²) in [6.45, 7) is 8.04. The van der Waals surface area contributed by atoms with E-state index in [2.05, 4.69) is 10.4 Å². The summed E-state index contributed by atoms with van der Waals surface area (Å²) in [5.41, 5.74) is 1.81. The minimum absolute atomic E-state index is 0.195. The lowest BCUT2D eigenvalue weighted by Crippen LogP contribution is -2.29. The number of carbonyl (C=O) groups is 1. The number of halogens is 2. The summed E-state index contributed by atoms with van der Waals surface area (Å²) in [4.78, 5) is 11.1. The lowest BCUT2D eigenvalue weighted by atomic mass is 9.90. The van der Waals surface area contributed by atoms with Gasteiger partial charge in [0.25, 0.3) is 0 Å². The third-order valence-electron chi connectivity index (χ3n) is 4.39. The van der Waals surface area contributed by atoms with Crippen LogP contribution in [0.25, 0.3) is 5.69 Å². The number of rotatable bonds is 7. The van der Waals surface area contributed by atoms with Crippen LogP contribution in [0.15, 0.2) is 18.2 Å². The molecule has 0 aliphatic carbocycles. The molecule has 0 aliphatic rings. The van der Waals surface area contributed by atoms with Gasteiger partial charge in [-0.15, -0.1) is 0 Å². The lowest BCUT2D eigenvalue weighted by Gasteiger charge is -2.19. The second kappa shape index (κ2) is 7.31. The van der Waals surface area contributed by atoms with Gasteiger partial charge in [0, 0.05) is 23.9 Å². The summed E-state index contributed by atoms with van der Waals surface area (Å²) in [5.74, 6) is -2.14. The molecule has 0 radical (unpaired) electrons. The Labute approximate surface area is 145 Å². The Hall–Kier alpha value is -2.28. The maximum Gasteiger partial charge on any atom is 0.309 e. The van der Waals surface area contributed by atoms with Crippen LogP contribution in [0.3, 0.4) is 0 Å². The first-order valence-corrected chi connectivity index (χ1v) is 8.08. The average molecular weight is 351 g/mol. The Bertz CT molecular complexity index is 785. The van der Waals surface area contributed by atoms with Crippen LogP contribution in [0.5, 0.6) is 0 Å². The molecule has 25 heavy (non-hydrogen) atoms. The summed E-state index contributed by atoms with van der Waals surface area (Å²) in [6, 6.07) is 3.38. The number of aromatic nitrogens is 2. The van der Waals surface area contributed by atoms with E-state index >= 15 is 0 Å². The first-order chi connectivity index (χ1) is 11.6. The van der Waals surface area contributed by atoms with Crippen LogP contribution in [0.2, 0.25) is 0 Å². The van der Waals surface area contributed by atoms with E-state index in [-0.39, 0.29) is 5.69 Å². The summed E-state index contributed by atoms with van der Waals surface area (Å²) in [7, 11) is 0. The highest BCUT2D eigenvalue weighted by Gasteiger charge is 2.26. The summed E-state index contributed by atoms with van der Waals surface area (Å²) >= 11 is 0. The van der Waals surface area contributed by atoms with Crippen LogP contribution < -0.4 is 5.32 Å². The normalized spacial score (nSPS) is 11.8. The molecule has 7 heteroatoms. The molecule has 0 amide bonds. The van der Waals surface area contributed by atoms with Gasteiger partial charge in [-0.3, -0.25) is 4.79 Å². The lowest BCUT2D eigenvalue weighted by molar-refractivity contribution is -0.147. The molecular formula is C18H23F2N3O2. The zero-order chi connectivity index (χ0) is 18.8. The number of nitrogens with zero attached hydrogens (tertiary/aromatic N) is 2. The highest BCUT2D eigenvalue weighted by atomic mass is 19.1. The molecule has 0 fully saturated rings. The molecule has 2 N–H and O–H groups in total. The van der Waals surface area contributed by atoms with Crippen LogP contribution in [0.4, 0.5) is 8.78 Å². The molecule has 0 bridgehead atoms. The Morgan fingerprint density at radius 2 is 2.00 bits per heavy atom. The van der Waals surface area contributed by atoms with Crippen molar-refractivity contribution < 1.29 is 18.7 Å². The van der Waals surface area contributed by atoms with Crippen LogP contribution in [-0.4, -0.2) is 27.4 Å². The van der Waals surface area contributed by atoms with Crippen molar-refractivity contribution in [3.63, 3.8) is 0 Å². The summed E-state index contributed by atoms with van der Waals surface area (Å²) in [6.07, 6.45) is 0.487. The van der Waals surface area contributed by atoms with Gasteiger partial charge in [-0.25, -0.2) is 13.5 Å². The Balaban J connectivity index is 2.11. The third kappa shape index (κ3) is 4.22. The first-order valence-electron chi connectivity index (χ1n) is 8.08. The zero-order valence-electron chi connectivity index (χ0n) is 14.9. The fourth-order valence-corrected chi connectivity index (χ4v) is 2.54. The van der Waals surface area contributed by atoms with Gasteiger partial charge in [-0.2, -0.15) is 5.10 Å². The maximum atomic E-state index is 14.0. The Kier molecular flexibility index (Phi) is 5.57. The summed E-state index contributed by atoms with van der Waals surface area (Å²) < 4.78 is 28.5. The molecule has 5 nitrogen and oxygen atoms in total. The van der Waals surface area contributed by atoms with Gasteiger partial charge in [0.15, 0.2) is 5.82 Å². The monoisotopic (exact) mass is 351 g/mol. The van der Waals surface area contributed by atoms with Crippen LogP contribution in [-0.2, 0) is 11.3 Å². The van der Waals surface area contributed by atoms with Gasteiger partial charge >= 0.3 is 5.97 Å². The number of nitrogens with one attached hydrogen (secondary N) is 1. The van der Waals surface area contributed by atoms with Crippen molar-refractivity contribution in [2.24, 2.45) is 5.41 Å². The molecule has 1 aromatic heterocycles. The van der Waals surface area contributed by atoms with Crippen LogP contribution in [0.1, 0.15) is 37.2 Å². The second-order valence-electron chi connectivity index (χ2n) is 6.77. The van der Waals surface area contributed by atoms with E-state index in [9.17, 15) is 13.6 Å². The Morgan fingerprint density at radius 3 is 2.60 bits per heavy atom. The molecule has 1 heterocycles. The van der Waals surface area contributed by atoms with E-state index in [0.717, 1.165) is 23.0 Å². The second-order valence-corrected chi connectivity index (χ2v) is 6.77. The van der Waals surface area contributed by atoms with Crippen molar-refractivity contribution in [2.45, 2.75) is 40.7 Å². The SMILES string of the molecule is Cc1nn(-c2ccc(F)cc2F)c(C)c1CNCCC(C)(C)C(=O)O. The van der Waals surface area contributed by atoms with E-state index in [0.29, 0.717) is 19.5 Å². The van der Waals surface area contributed by atoms with Gasteiger partial charge < -0.3 is 10.4 Å². The molecule has 0 unspecified atom stereocenters. The molecule has 0 atom stereocenters. The predicted octanol–water partition coefficient (Wildman–Crippen LogP) is 3.36. The number of carboxylic acids is 1. The fourth-order valence-electron chi connectivity index (χ4n) is 2.54. The number of carboxylic acid groups (broad SMARTS) is 1. The van der Waals surface area contributed by atoms with Crippen molar-refractivity contribution in [1.82, 2.24) is 15.1 Å². The van der Waals surface area contributed by atoms with E-state index in [1.165, 1.54) is 16.8 Å². The van der Waals surface area contributed by atoms with E-state index in [1.54, 1.807) is 13.8 Å². The van der Waals surface area contributed by atoms with E-state index in [1.807, 2.05) is 13.8 Å². The minimum atomic E-state index is -0.832. The average Bonchev–Trinajstić information content (AvgIpc) is 2.79. The van der Waals surface area contributed by atoms with Crippen molar-refractivity contribution in [3.05, 3.63) is 46.8 Å². The molecule has 2 rings (SSSR count). The predicted molar refractivity (Wildman–Crippen MR) is 90.7 cm³/mol. The highest BCUT2D eigenvalue weighted by Crippen LogP contribution is 2.22. The Morgan fingerprint density at radius 1 is 1.32 bits per heavy atom. The molecule has 0 saturated carbocycles. The zero-order valence-corrected chi connectivity index (χ0v) is 14.9. The highest BCUT2D eigenvalue weighted by molar-refractivity contribution is 5.73. The van der Waals surface area contributed by atoms with E-state index in [4.69, 9.17) is 5.11 Å². The molecule has 2 aromatic rings. The summed E-state index contributed by atoms with van der Waals surface area (Å²) in [5, 5.41) is 16.7. The largest absolute Gasteiger partial charge is 0.481 e. The van der Waals surface area contributed by atoms with Crippen molar-refractivity contribution in [3.8, 4) is 5.69 Å². The van der Waals surface area contributed by atoms with Crippen molar-refractivity contribution in [2.75, 3.05) is 6.54 Å². The molecule has 136 valence electrons. The first kappa shape index (κ1) is 19.1. The topological polar surface area (TPSA) is 67.2 Å². The van der Waals surface area contributed by atoms with Crippen molar-refractivity contribution >= 4 is 5.97 Å². The number of benzene rings is 1. The number of hydrogen-bond donors (Lipinski definition) is 2. The minimum Gasteiger partial charge on any atom is -0.481 e. The van der Waals surface area contributed by atoms with Crippen LogP contribution >= 0.6 is 0 Å². The van der Waals surface area contributed by atoms with Crippen LogP contribution in [0, 0.1) is 30.9 Å².